The number of sulfonamides is 1. The lowest BCUT2D eigenvalue weighted by Crippen LogP contribution is -2.27. The fourth-order valence-electron chi connectivity index (χ4n) is 1.91. The molecule has 0 saturated heterocycles. The van der Waals surface area contributed by atoms with Crippen LogP contribution in [0, 0.1) is 12.7 Å². The van der Waals surface area contributed by atoms with Crippen LogP contribution in [0.15, 0.2) is 41.6 Å². The van der Waals surface area contributed by atoms with Gasteiger partial charge in [-0.2, -0.15) is 0 Å². The van der Waals surface area contributed by atoms with E-state index < -0.39 is 15.8 Å². The third kappa shape index (κ3) is 3.77. The van der Waals surface area contributed by atoms with E-state index in [1.54, 1.807) is 18.5 Å². The second kappa shape index (κ2) is 6.19. The van der Waals surface area contributed by atoms with E-state index in [9.17, 15) is 12.8 Å². The molecule has 5 nitrogen and oxygen atoms in total. The molecule has 0 aliphatic carbocycles. The molecule has 0 fully saturated rings. The lowest BCUT2D eigenvalue weighted by Gasteiger charge is -2.11. The van der Waals surface area contributed by atoms with Gasteiger partial charge < -0.3 is 5.73 Å². The highest BCUT2D eigenvalue weighted by atomic mass is 32.2. The van der Waals surface area contributed by atoms with Gasteiger partial charge in [0, 0.05) is 30.2 Å². The maximum atomic E-state index is 13.6. The first-order valence-corrected chi connectivity index (χ1v) is 7.82. The van der Waals surface area contributed by atoms with Gasteiger partial charge >= 0.3 is 0 Å². The lowest BCUT2D eigenvalue weighted by molar-refractivity contribution is 0.575. The highest BCUT2D eigenvalue weighted by Gasteiger charge is 2.19. The molecule has 0 bridgehead atoms. The maximum absolute atomic E-state index is 13.6. The molecule has 0 radical (unpaired) electrons. The van der Waals surface area contributed by atoms with Gasteiger partial charge in [-0.1, -0.05) is 6.07 Å². The molecule has 0 amide bonds. The van der Waals surface area contributed by atoms with Crippen molar-refractivity contribution in [1.29, 1.82) is 0 Å². The highest BCUT2D eigenvalue weighted by molar-refractivity contribution is 7.89. The zero-order valence-electron chi connectivity index (χ0n) is 11.5. The van der Waals surface area contributed by atoms with Gasteiger partial charge in [0.25, 0.3) is 0 Å². The summed E-state index contributed by atoms with van der Waals surface area (Å²) in [5.74, 6) is -0.636. The molecule has 0 aliphatic rings. The van der Waals surface area contributed by atoms with Crippen LogP contribution in [0.4, 0.5) is 10.1 Å². The van der Waals surface area contributed by atoms with Gasteiger partial charge in [-0.15, -0.1) is 0 Å². The minimum absolute atomic E-state index is 0.0538. The Labute approximate surface area is 123 Å². The molecule has 1 heterocycles. The van der Waals surface area contributed by atoms with Crippen LogP contribution < -0.4 is 10.5 Å². The van der Waals surface area contributed by atoms with Gasteiger partial charge in [0.1, 0.15) is 5.82 Å². The van der Waals surface area contributed by atoms with Gasteiger partial charge in [-0.25, -0.2) is 17.5 Å². The van der Waals surface area contributed by atoms with Crippen molar-refractivity contribution in [1.82, 2.24) is 9.71 Å². The average molecular weight is 309 g/mol. The standard InChI is InChI=1S/C14H16FN3O2S/c1-10-13(15)7-12(16)8-14(10)21(19,20)18-6-4-11-3-2-5-17-9-11/h2-3,5,7-9,18H,4,6,16H2,1H3. The van der Waals surface area contributed by atoms with Crippen molar-refractivity contribution in [3.63, 3.8) is 0 Å². The monoisotopic (exact) mass is 309 g/mol. The van der Waals surface area contributed by atoms with E-state index in [0.717, 1.165) is 11.6 Å². The average Bonchev–Trinajstić information content (AvgIpc) is 2.43. The summed E-state index contributed by atoms with van der Waals surface area (Å²) in [4.78, 5) is 3.82. The van der Waals surface area contributed by atoms with Gasteiger partial charge in [0.05, 0.1) is 4.90 Å². The number of nitrogen functional groups attached to an aromatic ring is 1. The van der Waals surface area contributed by atoms with Gasteiger partial charge in [-0.05, 0) is 37.1 Å². The minimum Gasteiger partial charge on any atom is -0.399 e. The Morgan fingerprint density at radius 1 is 1.38 bits per heavy atom. The highest BCUT2D eigenvalue weighted by Crippen LogP contribution is 2.21. The minimum atomic E-state index is -3.80. The van der Waals surface area contributed by atoms with Crippen LogP contribution in [-0.2, 0) is 16.4 Å². The van der Waals surface area contributed by atoms with Crippen molar-refractivity contribution < 1.29 is 12.8 Å². The third-order valence-electron chi connectivity index (χ3n) is 3.04. The molecule has 0 unspecified atom stereocenters. The van der Waals surface area contributed by atoms with Crippen LogP contribution in [0.5, 0.6) is 0 Å². The molecule has 0 aliphatic heterocycles. The van der Waals surface area contributed by atoms with Crippen LogP contribution in [0.2, 0.25) is 0 Å². The molecule has 7 heteroatoms. The lowest BCUT2D eigenvalue weighted by atomic mass is 10.2. The summed E-state index contributed by atoms with van der Waals surface area (Å²) in [6.07, 6.45) is 3.81. The van der Waals surface area contributed by atoms with E-state index in [-0.39, 0.29) is 22.7 Å². The van der Waals surface area contributed by atoms with Crippen molar-refractivity contribution >= 4 is 15.7 Å². The first kappa shape index (κ1) is 15.4. The molecule has 2 aromatic rings. The van der Waals surface area contributed by atoms with E-state index in [1.807, 2.05) is 6.07 Å². The van der Waals surface area contributed by atoms with Crippen LogP contribution in [-0.4, -0.2) is 19.9 Å². The van der Waals surface area contributed by atoms with Crippen molar-refractivity contribution in [2.75, 3.05) is 12.3 Å². The first-order valence-electron chi connectivity index (χ1n) is 6.34. The Morgan fingerprint density at radius 3 is 2.81 bits per heavy atom. The third-order valence-corrected chi connectivity index (χ3v) is 4.62. The Hall–Kier alpha value is -1.99. The zero-order valence-corrected chi connectivity index (χ0v) is 12.3. The Bertz CT molecular complexity index is 733. The zero-order chi connectivity index (χ0) is 15.5. The van der Waals surface area contributed by atoms with Crippen molar-refractivity contribution in [2.45, 2.75) is 18.2 Å². The predicted molar refractivity (Wildman–Crippen MR) is 78.7 cm³/mol. The van der Waals surface area contributed by atoms with Gasteiger partial charge in [0.2, 0.25) is 10.0 Å². The van der Waals surface area contributed by atoms with Crippen LogP contribution in [0.3, 0.4) is 0 Å². The Kier molecular flexibility index (Phi) is 4.54. The van der Waals surface area contributed by atoms with Gasteiger partial charge in [0.15, 0.2) is 0 Å². The summed E-state index contributed by atoms with van der Waals surface area (Å²) in [5.41, 5.74) is 6.55. The fourth-order valence-corrected chi connectivity index (χ4v) is 3.22. The second-order valence-electron chi connectivity index (χ2n) is 4.63. The normalized spacial score (nSPS) is 11.5. The van der Waals surface area contributed by atoms with E-state index in [2.05, 4.69) is 9.71 Å². The smallest absolute Gasteiger partial charge is 0.241 e. The maximum Gasteiger partial charge on any atom is 0.241 e. The summed E-state index contributed by atoms with van der Waals surface area (Å²) < 4.78 is 40.4. The Morgan fingerprint density at radius 2 is 2.14 bits per heavy atom. The quantitative estimate of drug-likeness (QED) is 0.822. The van der Waals surface area contributed by atoms with Crippen LogP contribution >= 0.6 is 0 Å². The predicted octanol–water partition coefficient (Wildman–Crippen LogP) is 1.63. The largest absolute Gasteiger partial charge is 0.399 e. The summed E-state index contributed by atoms with van der Waals surface area (Å²) in [6.45, 7) is 1.61. The molecule has 3 N–H and O–H groups in total. The molecular weight excluding hydrogens is 293 g/mol. The molecule has 1 aromatic heterocycles. The van der Waals surface area contributed by atoms with Crippen LogP contribution in [0.25, 0.3) is 0 Å². The molecule has 0 atom stereocenters. The summed E-state index contributed by atoms with van der Waals surface area (Å²) in [6, 6.07) is 5.99. The number of nitrogens with two attached hydrogens (primary N) is 1. The molecule has 0 spiro atoms. The van der Waals surface area contributed by atoms with Gasteiger partial charge in [-0.3, -0.25) is 4.98 Å². The number of anilines is 1. The molecular formula is C14H16FN3O2S. The summed E-state index contributed by atoms with van der Waals surface area (Å²) in [5, 5.41) is 0. The summed E-state index contributed by atoms with van der Waals surface area (Å²) >= 11 is 0. The molecule has 1 aromatic carbocycles. The van der Waals surface area contributed by atoms with Crippen LogP contribution in [0.1, 0.15) is 11.1 Å². The number of halogens is 1. The van der Waals surface area contributed by atoms with E-state index >= 15 is 0 Å². The molecule has 2 rings (SSSR count). The topological polar surface area (TPSA) is 85.1 Å². The number of nitrogens with one attached hydrogen (secondary N) is 1. The summed E-state index contributed by atoms with van der Waals surface area (Å²) in [7, 11) is -3.80. The number of benzene rings is 1. The van der Waals surface area contributed by atoms with E-state index in [0.29, 0.717) is 6.42 Å². The van der Waals surface area contributed by atoms with E-state index in [4.69, 9.17) is 5.73 Å². The van der Waals surface area contributed by atoms with E-state index in [1.165, 1.54) is 13.0 Å². The van der Waals surface area contributed by atoms with Crippen molar-refractivity contribution in [2.24, 2.45) is 0 Å². The number of aromatic nitrogens is 1. The number of nitrogens with zero attached hydrogens (tertiary/aromatic N) is 1. The number of hydrogen-bond acceptors (Lipinski definition) is 4. The first-order chi connectivity index (χ1) is 9.90. The fraction of sp³-hybridized carbons (Fsp3) is 0.214. The number of pyridine rings is 1. The SMILES string of the molecule is Cc1c(F)cc(N)cc1S(=O)(=O)NCCc1cccnc1. The van der Waals surface area contributed by atoms with Crippen molar-refractivity contribution in [3.05, 3.63) is 53.6 Å². The Balaban J connectivity index is 2.12. The second-order valence-corrected chi connectivity index (χ2v) is 6.37. The molecule has 0 saturated carbocycles. The number of hydrogen-bond donors (Lipinski definition) is 2. The molecule has 21 heavy (non-hydrogen) atoms. The van der Waals surface area contributed by atoms with Crippen molar-refractivity contribution in [3.8, 4) is 0 Å². The molecule has 112 valence electrons. The number of rotatable bonds is 5.